The van der Waals surface area contributed by atoms with Crippen LogP contribution in [-0.2, 0) is 19.6 Å². The van der Waals surface area contributed by atoms with Gasteiger partial charge in [-0.05, 0) is 43.3 Å². The van der Waals surface area contributed by atoms with Crippen molar-refractivity contribution in [1.29, 1.82) is 0 Å². The van der Waals surface area contributed by atoms with E-state index >= 15 is 0 Å². The average Bonchev–Trinajstić information content (AvgIpc) is 2.72. The van der Waals surface area contributed by atoms with Crippen molar-refractivity contribution in [3.8, 4) is 5.75 Å². The van der Waals surface area contributed by atoms with E-state index in [1.807, 2.05) is 0 Å². The van der Waals surface area contributed by atoms with Crippen LogP contribution in [0.1, 0.15) is 6.92 Å². The van der Waals surface area contributed by atoms with Gasteiger partial charge in [-0.15, -0.1) is 0 Å². The fraction of sp³-hybridized carbons (Fsp3) is 0.316. The van der Waals surface area contributed by atoms with E-state index < -0.39 is 16.1 Å². The van der Waals surface area contributed by atoms with Crippen LogP contribution in [0.15, 0.2) is 47.4 Å². The monoisotopic (exact) mass is 458 g/mol. The van der Waals surface area contributed by atoms with Crippen molar-refractivity contribution < 1.29 is 22.7 Å². The summed E-state index contributed by atoms with van der Waals surface area (Å²) < 4.78 is 37.4. The predicted octanol–water partition coefficient (Wildman–Crippen LogP) is 3.42. The van der Waals surface area contributed by atoms with Crippen molar-refractivity contribution in [2.24, 2.45) is 0 Å². The van der Waals surface area contributed by atoms with Crippen molar-refractivity contribution >= 4 is 44.8 Å². The Morgan fingerprint density at radius 2 is 1.76 bits per heavy atom. The topological polar surface area (TPSA) is 84.9 Å². The van der Waals surface area contributed by atoms with Gasteiger partial charge in [0.15, 0.2) is 6.10 Å². The van der Waals surface area contributed by atoms with Gasteiger partial charge in [-0.1, -0.05) is 23.2 Å². The summed E-state index contributed by atoms with van der Waals surface area (Å²) in [5.41, 5.74) is 0.459. The van der Waals surface area contributed by atoms with Crippen LogP contribution < -0.4 is 10.1 Å². The molecule has 0 saturated carbocycles. The number of morpholine rings is 1. The molecule has 0 spiro atoms. The zero-order valence-electron chi connectivity index (χ0n) is 15.6. The summed E-state index contributed by atoms with van der Waals surface area (Å²) in [4.78, 5) is 12.5. The number of halogens is 2. The van der Waals surface area contributed by atoms with Gasteiger partial charge in [-0.2, -0.15) is 4.31 Å². The lowest BCUT2D eigenvalue weighted by molar-refractivity contribution is -0.122. The quantitative estimate of drug-likeness (QED) is 0.716. The SMILES string of the molecule is C[C@H](Oc1ccc(Cl)c(Cl)c1)C(=O)Nc1ccc(S(=O)(=O)N2CCOCC2)cc1. The smallest absolute Gasteiger partial charge is 0.265 e. The second-order valence-electron chi connectivity index (χ2n) is 6.37. The molecule has 29 heavy (non-hydrogen) atoms. The number of sulfonamides is 1. The molecule has 1 aliphatic rings. The Labute approximate surface area is 179 Å². The predicted molar refractivity (Wildman–Crippen MR) is 111 cm³/mol. The molecular formula is C19H20Cl2N2O5S. The molecule has 0 aromatic heterocycles. The van der Waals surface area contributed by atoms with Gasteiger partial charge in [0, 0.05) is 24.8 Å². The maximum absolute atomic E-state index is 12.6. The molecule has 0 radical (unpaired) electrons. The standard InChI is InChI=1S/C19H20Cl2N2O5S/c1-13(28-15-4-7-17(20)18(21)12-15)19(24)22-14-2-5-16(6-3-14)29(25,26)23-8-10-27-11-9-23/h2-7,12-13H,8-11H2,1H3,(H,22,24)/t13-/m0/s1. The molecule has 2 aromatic carbocycles. The maximum Gasteiger partial charge on any atom is 0.265 e. The van der Waals surface area contributed by atoms with Crippen LogP contribution in [0.2, 0.25) is 10.0 Å². The summed E-state index contributed by atoms with van der Waals surface area (Å²) >= 11 is 11.8. The minimum atomic E-state index is -3.58. The third-order valence-electron chi connectivity index (χ3n) is 4.30. The first kappa shape index (κ1) is 21.9. The van der Waals surface area contributed by atoms with E-state index in [1.54, 1.807) is 19.1 Å². The zero-order chi connectivity index (χ0) is 21.0. The molecule has 0 aliphatic carbocycles. The molecule has 10 heteroatoms. The Morgan fingerprint density at radius 1 is 1.10 bits per heavy atom. The number of ether oxygens (including phenoxy) is 2. The van der Waals surface area contributed by atoms with Crippen molar-refractivity contribution in [2.75, 3.05) is 31.6 Å². The van der Waals surface area contributed by atoms with Crippen LogP contribution in [-0.4, -0.2) is 51.0 Å². The van der Waals surface area contributed by atoms with Crippen LogP contribution in [0.5, 0.6) is 5.75 Å². The van der Waals surface area contributed by atoms with Crippen LogP contribution in [0, 0.1) is 0 Å². The van der Waals surface area contributed by atoms with Crippen LogP contribution in [0.4, 0.5) is 5.69 Å². The normalized spacial score (nSPS) is 16.2. The van der Waals surface area contributed by atoms with E-state index in [-0.39, 0.29) is 10.8 Å². The number of anilines is 1. The molecule has 0 bridgehead atoms. The summed E-state index contributed by atoms with van der Waals surface area (Å²) in [5, 5.41) is 3.41. The Hall–Kier alpha value is -1.84. The minimum absolute atomic E-state index is 0.164. The molecule has 7 nitrogen and oxygen atoms in total. The third-order valence-corrected chi connectivity index (χ3v) is 6.95. The number of carbonyl (C=O) groups excluding carboxylic acids is 1. The molecule has 3 rings (SSSR count). The molecule has 156 valence electrons. The Bertz CT molecular complexity index is 977. The molecule has 1 heterocycles. The lowest BCUT2D eigenvalue weighted by atomic mass is 10.3. The lowest BCUT2D eigenvalue weighted by Gasteiger charge is -2.26. The van der Waals surface area contributed by atoms with E-state index in [2.05, 4.69) is 5.32 Å². The van der Waals surface area contributed by atoms with Crippen LogP contribution >= 0.6 is 23.2 Å². The number of rotatable bonds is 6. The van der Waals surface area contributed by atoms with Gasteiger partial charge in [0.1, 0.15) is 5.75 Å². The van der Waals surface area contributed by atoms with Gasteiger partial charge in [0.2, 0.25) is 10.0 Å². The number of hydrogen-bond acceptors (Lipinski definition) is 5. The van der Waals surface area contributed by atoms with Crippen molar-refractivity contribution in [2.45, 2.75) is 17.9 Å². The summed E-state index contributed by atoms with van der Waals surface area (Å²) in [5.74, 6) is 0.0221. The fourth-order valence-corrected chi connectivity index (χ4v) is 4.39. The van der Waals surface area contributed by atoms with Gasteiger partial charge in [0.25, 0.3) is 5.91 Å². The highest BCUT2D eigenvalue weighted by atomic mass is 35.5. The number of carbonyl (C=O) groups is 1. The van der Waals surface area contributed by atoms with E-state index in [0.717, 1.165) is 0 Å². The molecular weight excluding hydrogens is 439 g/mol. The number of amides is 1. The van der Waals surface area contributed by atoms with Crippen molar-refractivity contribution in [1.82, 2.24) is 4.31 Å². The summed E-state index contributed by atoms with van der Waals surface area (Å²) in [7, 11) is -3.58. The molecule has 1 saturated heterocycles. The van der Waals surface area contributed by atoms with Gasteiger partial charge < -0.3 is 14.8 Å². The van der Waals surface area contributed by atoms with Gasteiger partial charge in [0.05, 0.1) is 28.2 Å². The fourth-order valence-electron chi connectivity index (χ4n) is 2.70. The van der Waals surface area contributed by atoms with Crippen molar-refractivity contribution in [3.63, 3.8) is 0 Å². The molecule has 1 atom stereocenters. The second-order valence-corrected chi connectivity index (χ2v) is 9.12. The molecule has 2 aromatic rings. The van der Waals surface area contributed by atoms with E-state index in [0.29, 0.717) is 47.8 Å². The Balaban J connectivity index is 1.62. The molecule has 0 unspecified atom stereocenters. The van der Waals surface area contributed by atoms with Gasteiger partial charge in [-0.25, -0.2) is 8.42 Å². The number of hydrogen-bond donors (Lipinski definition) is 1. The summed E-state index contributed by atoms with van der Waals surface area (Å²) in [6, 6.07) is 10.7. The largest absolute Gasteiger partial charge is 0.481 e. The van der Waals surface area contributed by atoms with Crippen LogP contribution in [0.25, 0.3) is 0 Å². The highest BCUT2D eigenvalue weighted by molar-refractivity contribution is 7.89. The number of nitrogens with one attached hydrogen (secondary N) is 1. The maximum atomic E-state index is 12.6. The highest BCUT2D eigenvalue weighted by Gasteiger charge is 2.26. The van der Waals surface area contributed by atoms with E-state index in [4.69, 9.17) is 32.7 Å². The van der Waals surface area contributed by atoms with Gasteiger partial charge in [-0.3, -0.25) is 4.79 Å². The molecule has 1 amide bonds. The highest BCUT2D eigenvalue weighted by Crippen LogP contribution is 2.27. The lowest BCUT2D eigenvalue weighted by Crippen LogP contribution is -2.40. The Morgan fingerprint density at radius 3 is 2.38 bits per heavy atom. The zero-order valence-corrected chi connectivity index (χ0v) is 17.9. The summed E-state index contributed by atoms with van der Waals surface area (Å²) in [6.07, 6.45) is -0.802. The molecule has 1 fully saturated rings. The van der Waals surface area contributed by atoms with E-state index in [1.165, 1.54) is 34.6 Å². The van der Waals surface area contributed by atoms with Crippen molar-refractivity contribution in [3.05, 3.63) is 52.5 Å². The second kappa shape index (κ2) is 9.32. The number of benzene rings is 2. The first-order valence-corrected chi connectivity index (χ1v) is 11.1. The van der Waals surface area contributed by atoms with E-state index in [9.17, 15) is 13.2 Å². The first-order valence-electron chi connectivity index (χ1n) is 8.88. The number of nitrogens with zero attached hydrogens (tertiary/aromatic N) is 1. The molecule has 1 aliphatic heterocycles. The minimum Gasteiger partial charge on any atom is -0.481 e. The molecule has 1 N–H and O–H groups in total. The Kier molecular flexibility index (Phi) is 7.02. The van der Waals surface area contributed by atoms with Crippen LogP contribution in [0.3, 0.4) is 0 Å². The van der Waals surface area contributed by atoms with Gasteiger partial charge >= 0.3 is 0 Å². The summed E-state index contributed by atoms with van der Waals surface area (Å²) in [6.45, 7) is 3.00. The third kappa shape index (κ3) is 5.40. The first-order chi connectivity index (χ1) is 13.8. The average molecular weight is 459 g/mol.